The van der Waals surface area contributed by atoms with Gasteiger partial charge in [0.25, 0.3) is 0 Å². The van der Waals surface area contributed by atoms with Crippen LogP contribution in [0.3, 0.4) is 0 Å². The van der Waals surface area contributed by atoms with E-state index in [9.17, 15) is 24.3 Å². The Morgan fingerprint density at radius 2 is 1.62 bits per heavy atom. The number of benzene rings is 1. The third-order valence-corrected chi connectivity index (χ3v) is 13.1. The highest BCUT2D eigenvalue weighted by Gasteiger charge is 2.61. The minimum Gasteiger partial charge on any atom is -0.458 e. The number of thioether (sulfide) groups is 1. The van der Waals surface area contributed by atoms with Crippen LogP contribution in [0.5, 0.6) is 0 Å². The summed E-state index contributed by atoms with van der Waals surface area (Å²) >= 11 is 1.46. The molecule has 292 valence electrons. The number of methoxy groups -OCH3 is 1. The number of aliphatic hydroxyl groups is 1. The number of likely N-dealkylation sites (N-methyl/N-ethyl adjacent to an activating group) is 1. The van der Waals surface area contributed by atoms with Gasteiger partial charge in [0.1, 0.15) is 29.2 Å². The van der Waals surface area contributed by atoms with Gasteiger partial charge in [0.15, 0.2) is 17.7 Å². The fourth-order valence-electron chi connectivity index (χ4n) is 8.70. The Bertz CT molecular complexity index is 1410. The molecule has 1 aromatic rings. The molecule has 3 heterocycles. The Morgan fingerprint density at radius 3 is 2.21 bits per heavy atom. The zero-order chi connectivity index (χ0) is 38.7. The van der Waals surface area contributed by atoms with E-state index in [0.717, 1.165) is 12.0 Å². The number of carbonyl (C=O) groups is 4. The molecule has 3 fully saturated rings. The first kappa shape index (κ1) is 42.4. The average Bonchev–Trinajstić information content (AvgIpc) is 3.37. The van der Waals surface area contributed by atoms with E-state index in [1.54, 1.807) is 20.8 Å². The maximum absolute atomic E-state index is 14.6. The van der Waals surface area contributed by atoms with Gasteiger partial charge in [-0.1, -0.05) is 58.0 Å². The number of nitrogens with zero attached hydrogens (tertiary/aromatic N) is 1. The molecule has 3 aliphatic rings. The van der Waals surface area contributed by atoms with Crippen molar-refractivity contribution in [2.75, 3.05) is 27.0 Å². The molecule has 0 aliphatic carbocycles. The van der Waals surface area contributed by atoms with E-state index in [-0.39, 0.29) is 24.3 Å². The topological polar surface area (TPSA) is 138 Å². The van der Waals surface area contributed by atoms with Crippen molar-refractivity contribution in [3.05, 3.63) is 35.9 Å². The molecule has 0 spiro atoms. The van der Waals surface area contributed by atoms with Crippen molar-refractivity contribution in [2.24, 2.45) is 29.6 Å². The first-order valence-electron chi connectivity index (χ1n) is 18.8. The second-order valence-electron chi connectivity index (χ2n) is 15.8. The highest BCUT2D eigenvalue weighted by atomic mass is 32.2. The first-order chi connectivity index (χ1) is 24.4. The summed E-state index contributed by atoms with van der Waals surface area (Å²) in [5, 5.41) is 10.7. The summed E-state index contributed by atoms with van der Waals surface area (Å²) in [6, 6.07) is 9.71. The van der Waals surface area contributed by atoms with Crippen LogP contribution in [-0.2, 0) is 49.3 Å². The fraction of sp³-hybridized carbons (Fsp3) is 0.750. The van der Waals surface area contributed by atoms with Crippen LogP contribution in [0.15, 0.2) is 30.3 Å². The molecule has 1 aromatic carbocycles. The third kappa shape index (κ3) is 8.78. The molecule has 0 saturated carbocycles. The fourth-order valence-corrected chi connectivity index (χ4v) is 10.2. The predicted octanol–water partition coefficient (Wildman–Crippen LogP) is 4.89. The minimum atomic E-state index is -1.32. The van der Waals surface area contributed by atoms with Gasteiger partial charge < -0.3 is 33.7 Å². The van der Waals surface area contributed by atoms with Crippen molar-refractivity contribution in [3.63, 3.8) is 0 Å². The Labute approximate surface area is 314 Å². The van der Waals surface area contributed by atoms with Crippen LogP contribution in [0.4, 0.5) is 0 Å². The normalized spacial score (nSPS) is 40.9. The maximum atomic E-state index is 14.6. The number of esters is 2. The van der Waals surface area contributed by atoms with Crippen LogP contribution in [-0.4, -0.2) is 114 Å². The highest BCUT2D eigenvalue weighted by molar-refractivity contribution is 8.00. The van der Waals surface area contributed by atoms with Crippen molar-refractivity contribution in [1.29, 1.82) is 0 Å². The number of carbonyl (C=O) groups excluding carboxylic acids is 4. The van der Waals surface area contributed by atoms with E-state index in [1.807, 2.05) is 77.0 Å². The lowest BCUT2D eigenvalue weighted by Crippen LogP contribution is -2.59. The molecule has 52 heavy (non-hydrogen) atoms. The minimum absolute atomic E-state index is 0.106. The number of Topliss-reactive ketones (excluding diaryl/α,β-unsaturated/α-hetero) is 2. The van der Waals surface area contributed by atoms with Gasteiger partial charge in [-0.2, -0.15) is 0 Å². The third-order valence-electron chi connectivity index (χ3n) is 11.8. The quantitative estimate of drug-likeness (QED) is 0.272. The van der Waals surface area contributed by atoms with Crippen LogP contribution in [0.25, 0.3) is 0 Å². The predicted molar refractivity (Wildman–Crippen MR) is 199 cm³/mol. The number of cyclic esters (lactones) is 1. The van der Waals surface area contributed by atoms with Crippen molar-refractivity contribution >= 4 is 35.3 Å². The molecule has 14 atom stereocenters. The molecule has 1 N–H and O–H groups in total. The van der Waals surface area contributed by atoms with Crippen molar-refractivity contribution in [1.82, 2.24) is 4.90 Å². The van der Waals surface area contributed by atoms with Gasteiger partial charge in [0.05, 0.1) is 17.8 Å². The zero-order valence-corrected chi connectivity index (χ0v) is 33.6. The molecule has 12 heteroatoms. The number of aryl methyl sites for hydroxylation is 1. The lowest BCUT2D eigenvalue weighted by atomic mass is 9.70. The van der Waals surface area contributed by atoms with E-state index in [4.69, 9.17) is 23.7 Å². The largest absolute Gasteiger partial charge is 0.458 e. The molecule has 3 saturated heterocycles. The second-order valence-corrected chi connectivity index (χ2v) is 17.1. The summed E-state index contributed by atoms with van der Waals surface area (Å²) in [6.45, 7) is 14.1. The molecule has 0 bridgehead atoms. The lowest BCUT2D eigenvalue weighted by Gasteiger charge is -2.47. The molecule has 11 nitrogen and oxygen atoms in total. The smallest absolute Gasteiger partial charge is 0.320 e. The number of hydrogen-bond acceptors (Lipinski definition) is 12. The molecule has 0 amide bonds. The molecular weight excluding hydrogens is 687 g/mol. The van der Waals surface area contributed by atoms with Crippen LogP contribution in [0.2, 0.25) is 0 Å². The van der Waals surface area contributed by atoms with Crippen LogP contribution < -0.4 is 0 Å². The zero-order valence-electron chi connectivity index (χ0n) is 32.8. The van der Waals surface area contributed by atoms with Crippen LogP contribution in [0, 0.1) is 29.6 Å². The number of aliphatic hydroxyl groups excluding tert-OH is 1. The van der Waals surface area contributed by atoms with E-state index in [2.05, 4.69) is 0 Å². The summed E-state index contributed by atoms with van der Waals surface area (Å²) in [6.07, 6.45) is -2.54. The Balaban J connectivity index is 1.74. The van der Waals surface area contributed by atoms with Crippen molar-refractivity contribution in [2.45, 2.75) is 134 Å². The number of rotatable bonds is 9. The molecule has 0 radical (unpaired) electrons. The van der Waals surface area contributed by atoms with E-state index in [0.29, 0.717) is 18.6 Å². The Hall–Kier alpha value is -2.35. The lowest BCUT2D eigenvalue weighted by molar-refractivity contribution is -0.295. The maximum Gasteiger partial charge on any atom is 0.320 e. The van der Waals surface area contributed by atoms with Gasteiger partial charge in [0.2, 0.25) is 0 Å². The van der Waals surface area contributed by atoms with Gasteiger partial charge >= 0.3 is 11.9 Å². The molecule has 0 aromatic heterocycles. The Kier molecular flexibility index (Phi) is 14.2. The van der Waals surface area contributed by atoms with Gasteiger partial charge in [-0.05, 0) is 78.8 Å². The van der Waals surface area contributed by atoms with Crippen molar-refractivity contribution < 1.29 is 48.0 Å². The summed E-state index contributed by atoms with van der Waals surface area (Å²) in [7, 11) is 5.26. The van der Waals surface area contributed by atoms with Crippen LogP contribution >= 0.6 is 11.8 Å². The van der Waals surface area contributed by atoms with Crippen LogP contribution in [0.1, 0.15) is 80.2 Å². The highest BCUT2D eigenvalue weighted by Crippen LogP contribution is 2.49. The van der Waals surface area contributed by atoms with Gasteiger partial charge in [0, 0.05) is 36.8 Å². The Morgan fingerprint density at radius 1 is 0.962 bits per heavy atom. The average molecular weight is 748 g/mol. The number of ether oxygens (including phenoxy) is 5. The van der Waals surface area contributed by atoms with Crippen molar-refractivity contribution in [3.8, 4) is 0 Å². The molecule has 0 unspecified atom stereocenters. The van der Waals surface area contributed by atoms with E-state index >= 15 is 0 Å². The first-order valence-corrected chi connectivity index (χ1v) is 19.8. The standard InChI is InChI=1S/C40H61NO10S/c1-12-29-40(8)30(34(37(46)51-40)52-19-18-27-16-14-13-15-17-27)24(4)31(42)22(2)21-39(7,47-11)35(25(5)32(43)26(6)36(45)49-29)50-38-33(44)28(41(9)10)20-23(3)48-38/h13-17,22-26,28-30,33-35,38,44H,12,18-21H2,1-11H3/t22-,23-,24-,25+,26-,28+,29-,30+,33-,34+,35-,38+,39-,40-/m1/s1. The van der Waals surface area contributed by atoms with Gasteiger partial charge in [-0.25, -0.2) is 0 Å². The molecular formula is C40H61NO10S. The second kappa shape index (κ2) is 17.4. The molecule has 3 aliphatic heterocycles. The van der Waals surface area contributed by atoms with Gasteiger partial charge in [-0.3, -0.25) is 19.2 Å². The SMILES string of the molecule is CC[C@H]1OC(=O)[C@H](C)C(=O)[C@H](C)[C@@H](O[C@@H]2O[C@H](C)C[C@H](N(C)C)[C@H]2O)[C@](C)(OC)C[C@@H](C)C(=O)[C@H](C)[C@H]2[C@H](SCCc3ccccc3)C(=O)O[C@@]21C. The van der Waals surface area contributed by atoms with E-state index in [1.165, 1.54) is 25.8 Å². The summed E-state index contributed by atoms with van der Waals surface area (Å²) in [4.78, 5) is 58.4. The van der Waals surface area contributed by atoms with Gasteiger partial charge in [-0.15, -0.1) is 11.8 Å². The number of fused-ring (bicyclic) bond motifs is 1. The summed E-state index contributed by atoms with van der Waals surface area (Å²) < 4.78 is 31.2. The van der Waals surface area contributed by atoms with E-state index < -0.39 is 88.4 Å². The molecule has 4 rings (SSSR count). The number of hydrogen-bond donors (Lipinski definition) is 1. The summed E-state index contributed by atoms with van der Waals surface area (Å²) in [5.74, 6) is -5.15. The summed E-state index contributed by atoms with van der Waals surface area (Å²) in [5.41, 5.74) is -1.42. The number of ketones is 2. The monoisotopic (exact) mass is 747 g/mol.